The predicted octanol–water partition coefficient (Wildman–Crippen LogP) is 5.77. The maximum Gasteiger partial charge on any atom is 0.416 e. The Morgan fingerprint density at radius 2 is 1.77 bits per heavy atom. The molecular weight excluding hydrogens is 543 g/mol. The SMILES string of the molecule is C[C@](O)(c1ccc(-c2nc([C@@H]3CC[C@H]4CCC(=O)N4C3)n3c(Cl)cnc(N)c23)cc1)c1cccc(C(F)(F)F)c1. The minimum absolute atomic E-state index is 0.0419. The second-order valence-electron chi connectivity index (χ2n) is 10.7. The van der Waals surface area contributed by atoms with Crippen molar-refractivity contribution in [1.82, 2.24) is 19.3 Å². The molecule has 0 spiro atoms. The van der Waals surface area contributed by atoms with Crippen LogP contribution in [-0.4, -0.2) is 42.9 Å². The van der Waals surface area contributed by atoms with Gasteiger partial charge in [0.2, 0.25) is 5.91 Å². The fourth-order valence-corrected chi connectivity index (χ4v) is 6.22. The van der Waals surface area contributed by atoms with E-state index in [1.165, 1.54) is 25.3 Å². The van der Waals surface area contributed by atoms with Crippen molar-refractivity contribution < 1.29 is 23.1 Å². The zero-order valence-electron chi connectivity index (χ0n) is 21.6. The van der Waals surface area contributed by atoms with Gasteiger partial charge >= 0.3 is 6.18 Å². The molecule has 7 nitrogen and oxygen atoms in total. The lowest BCUT2D eigenvalue weighted by molar-refractivity contribution is -0.137. The molecule has 2 aliphatic heterocycles. The number of halogens is 4. The Morgan fingerprint density at radius 3 is 2.50 bits per heavy atom. The van der Waals surface area contributed by atoms with Crippen LogP contribution in [0.2, 0.25) is 5.15 Å². The summed E-state index contributed by atoms with van der Waals surface area (Å²) in [6.07, 6.45) is 0.141. The van der Waals surface area contributed by atoms with Crippen LogP contribution in [0, 0.1) is 0 Å². The van der Waals surface area contributed by atoms with Crippen molar-refractivity contribution in [3.63, 3.8) is 0 Å². The van der Waals surface area contributed by atoms with E-state index in [2.05, 4.69) is 4.98 Å². The fraction of sp³-hybridized carbons (Fsp3) is 0.345. The van der Waals surface area contributed by atoms with Crippen LogP contribution < -0.4 is 5.73 Å². The first-order chi connectivity index (χ1) is 18.9. The third-order valence-electron chi connectivity index (χ3n) is 8.23. The van der Waals surface area contributed by atoms with Gasteiger partial charge in [0.05, 0.1) is 11.8 Å². The van der Waals surface area contributed by atoms with Gasteiger partial charge in [0, 0.05) is 30.5 Å². The van der Waals surface area contributed by atoms with Gasteiger partial charge in [0.15, 0.2) is 0 Å². The fourth-order valence-electron chi connectivity index (χ4n) is 6.00. The standard InChI is InChI=1S/C29H27ClF3N5O2/c1-28(40,19-3-2-4-20(13-19)29(31,32)33)18-8-5-16(6-9-18)24-25-26(34)35-14-22(30)38(25)27(36-24)17-7-10-21-11-12-23(39)37(21)15-17/h2-6,8-9,13-14,17,21,40H,7,10-12,15H2,1H3,(H2,34,35)/t17-,21+,28+/m1/s1. The second-order valence-corrected chi connectivity index (χ2v) is 11.1. The van der Waals surface area contributed by atoms with Crippen molar-refractivity contribution in [2.24, 2.45) is 0 Å². The van der Waals surface area contributed by atoms with Crippen molar-refractivity contribution >= 4 is 28.8 Å². The molecule has 4 aromatic rings. The Hall–Kier alpha value is -3.63. The van der Waals surface area contributed by atoms with Crippen LogP contribution in [-0.2, 0) is 16.6 Å². The van der Waals surface area contributed by atoms with Crippen LogP contribution >= 0.6 is 11.6 Å². The van der Waals surface area contributed by atoms with E-state index in [0.29, 0.717) is 46.3 Å². The van der Waals surface area contributed by atoms with Gasteiger partial charge < -0.3 is 15.7 Å². The number of anilines is 1. The molecule has 3 N–H and O–H groups in total. The van der Waals surface area contributed by atoms with Gasteiger partial charge in [-0.3, -0.25) is 9.20 Å². The Bertz CT molecular complexity index is 1620. The molecule has 4 heterocycles. The number of imidazole rings is 1. The predicted molar refractivity (Wildman–Crippen MR) is 145 cm³/mol. The highest BCUT2D eigenvalue weighted by molar-refractivity contribution is 6.30. The van der Waals surface area contributed by atoms with Crippen molar-refractivity contribution in [2.75, 3.05) is 12.3 Å². The van der Waals surface area contributed by atoms with Crippen LogP contribution in [0.3, 0.4) is 0 Å². The Morgan fingerprint density at radius 1 is 1.05 bits per heavy atom. The van der Waals surface area contributed by atoms with Gasteiger partial charge in [-0.15, -0.1) is 0 Å². The number of carbonyl (C=O) groups is 1. The number of piperidine rings is 1. The molecule has 11 heteroatoms. The number of nitrogens with zero attached hydrogens (tertiary/aromatic N) is 4. The minimum Gasteiger partial charge on any atom is -0.382 e. The van der Waals surface area contributed by atoms with E-state index in [4.69, 9.17) is 22.3 Å². The zero-order chi connectivity index (χ0) is 28.4. The lowest BCUT2D eigenvalue weighted by atomic mass is 9.87. The first-order valence-corrected chi connectivity index (χ1v) is 13.5. The molecule has 2 aromatic heterocycles. The van der Waals surface area contributed by atoms with E-state index in [-0.39, 0.29) is 29.2 Å². The summed E-state index contributed by atoms with van der Waals surface area (Å²) in [7, 11) is 0. The number of benzene rings is 2. The number of hydrogen-bond acceptors (Lipinski definition) is 5. The molecule has 2 saturated heterocycles. The maximum atomic E-state index is 13.3. The Balaban J connectivity index is 1.39. The number of amides is 1. The highest BCUT2D eigenvalue weighted by Crippen LogP contribution is 2.40. The largest absolute Gasteiger partial charge is 0.416 e. The Labute approximate surface area is 233 Å². The van der Waals surface area contributed by atoms with Crippen molar-refractivity contribution in [3.8, 4) is 11.3 Å². The van der Waals surface area contributed by atoms with E-state index in [1.807, 2.05) is 4.90 Å². The number of alkyl halides is 3. The number of nitrogens with two attached hydrogens (primary N) is 1. The average Bonchev–Trinajstić information content (AvgIpc) is 3.52. The normalized spacial score (nSPS) is 21.1. The summed E-state index contributed by atoms with van der Waals surface area (Å²) in [4.78, 5) is 23.6. The first kappa shape index (κ1) is 26.6. The monoisotopic (exact) mass is 569 g/mol. The molecule has 1 amide bonds. The number of aliphatic hydroxyl groups is 1. The van der Waals surface area contributed by atoms with Crippen LogP contribution in [0.1, 0.15) is 61.0 Å². The van der Waals surface area contributed by atoms with Crippen LogP contribution in [0.15, 0.2) is 54.7 Å². The zero-order valence-corrected chi connectivity index (χ0v) is 22.4. The second kappa shape index (κ2) is 9.49. The van der Waals surface area contributed by atoms with Gasteiger partial charge in [-0.1, -0.05) is 48.0 Å². The summed E-state index contributed by atoms with van der Waals surface area (Å²) >= 11 is 6.60. The molecule has 3 atom stereocenters. The molecule has 0 unspecified atom stereocenters. The van der Waals surface area contributed by atoms with Gasteiger partial charge in [-0.05, 0) is 49.4 Å². The number of nitrogen functional groups attached to an aromatic ring is 1. The lowest BCUT2D eigenvalue weighted by Gasteiger charge is -2.34. The van der Waals surface area contributed by atoms with Crippen LogP contribution in [0.5, 0.6) is 0 Å². The molecule has 2 aliphatic rings. The smallest absolute Gasteiger partial charge is 0.382 e. The number of fused-ring (bicyclic) bond motifs is 2. The van der Waals surface area contributed by atoms with Crippen molar-refractivity contribution in [2.45, 2.75) is 56.3 Å². The quantitative estimate of drug-likeness (QED) is 0.325. The van der Waals surface area contributed by atoms with Gasteiger partial charge in [-0.25, -0.2) is 9.97 Å². The summed E-state index contributed by atoms with van der Waals surface area (Å²) in [5.41, 5.74) is 6.10. The number of aromatic nitrogens is 3. The topological polar surface area (TPSA) is 96.8 Å². The molecule has 6 rings (SSSR count). The molecule has 0 saturated carbocycles. The maximum absolute atomic E-state index is 13.3. The molecule has 2 fully saturated rings. The minimum atomic E-state index is -4.52. The van der Waals surface area contributed by atoms with Gasteiger partial charge in [0.1, 0.15) is 33.6 Å². The summed E-state index contributed by atoms with van der Waals surface area (Å²) in [5, 5.41) is 11.6. The third kappa shape index (κ3) is 4.39. The third-order valence-corrected chi connectivity index (χ3v) is 8.49. The Kier molecular flexibility index (Phi) is 6.30. The lowest BCUT2D eigenvalue weighted by Crippen LogP contribution is -2.41. The molecule has 0 bridgehead atoms. The van der Waals surface area contributed by atoms with Crippen LogP contribution in [0.4, 0.5) is 19.0 Å². The van der Waals surface area contributed by atoms with Crippen molar-refractivity contribution in [3.05, 3.63) is 82.4 Å². The van der Waals surface area contributed by atoms with E-state index in [1.54, 1.807) is 28.7 Å². The number of carbonyl (C=O) groups excluding carboxylic acids is 1. The van der Waals surface area contributed by atoms with Crippen molar-refractivity contribution in [1.29, 1.82) is 0 Å². The summed E-state index contributed by atoms with van der Waals surface area (Å²) < 4.78 is 41.6. The molecule has 2 aromatic carbocycles. The van der Waals surface area contributed by atoms with E-state index in [9.17, 15) is 23.1 Å². The van der Waals surface area contributed by atoms with E-state index in [0.717, 1.165) is 31.4 Å². The highest BCUT2D eigenvalue weighted by atomic mass is 35.5. The highest BCUT2D eigenvalue weighted by Gasteiger charge is 2.39. The van der Waals surface area contributed by atoms with Gasteiger partial charge in [-0.2, -0.15) is 13.2 Å². The van der Waals surface area contributed by atoms with Gasteiger partial charge in [0.25, 0.3) is 0 Å². The van der Waals surface area contributed by atoms with E-state index >= 15 is 0 Å². The molecule has 40 heavy (non-hydrogen) atoms. The molecule has 0 aliphatic carbocycles. The summed E-state index contributed by atoms with van der Waals surface area (Å²) in [6, 6.07) is 11.7. The number of hydrogen-bond donors (Lipinski definition) is 2. The summed E-state index contributed by atoms with van der Waals surface area (Å²) in [6.45, 7) is 2.01. The number of rotatable bonds is 4. The van der Waals surface area contributed by atoms with E-state index < -0.39 is 17.3 Å². The average molecular weight is 570 g/mol. The summed E-state index contributed by atoms with van der Waals surface area (Å²) in [5.74, 6) is 1.05. The van der Waals surface area contributed by atoms with Crippen LogP contribution in [0.25, 0.3) is 16.8 Å². The molecule has 208 valence electrons. The molecular formula is C29H27ClF3N5O2. The first-order valence-electron chi connectivity index (χ1n) is 13.1. The molecule has 0 radical (unpaired) electrons.